The summed E-state index contributed by atoms with van der Waals surface area (Å²) in [6, 6.07) is 3.64. The summed E-state index contributed by atoms with van der Waals surface area (Å²) in [5, 5.41) is 2.93. The maximum Gasteiger partial charge on any atom is 0.271 e. The van der Waals surface area contributed by atoms with Gasteiger partial charge in [0.05, 0.1) is 0 Å². The predicted molar refractivity (Wildman–Crippen MR) is 61.9 cm³/mol. The van der Waals surface area contributed by atoms with Gasteiger partial charge in [-0.15, -0.1) is 0 Å². The van der Waals surface area contributed by atoms with Crippen molar-refractivity contribution >= 4 is 17.5 Å². The van der Waals surface area contributed by atoms with E-state index in [2.05, 4.69) is 10.3 Å². The van der Waals surface area contributed by atoms with E-state index in [4.69, 9.17) is 4.74 Å². The molecule has 16 heavy (non-hydrogen) atoms. The lowest BCUT2D eigenvalue weighted by molar-refractivity contribution is -0.132. The van der Waals surface area contributed by atoms with Crippen LogP contribution in [0.1, 0.15) is 13.8 Å². The summed E-state index contributed by atoms with van der Waals surface area (Å²) in [7, 11) is 3.49. The Hall–Kier alpha value is -1.78. The Kier molecular flexibility index (Phi) is 2.26. The Morgan fingerprint density at radius 2 is 2.12 bits per heavy atom. The summed E-state index contributed by atoms with van der Waals surface area (Å²) in [6.07, 6.45) is 0. The largest absolute Gasteiger partial charge is 0.474 e. The molecule has 0 atom stereocenters. The van der Waals surface area contributed by atoms with Crippen molar-refractivity contribution in [3.8, 4) is 5.75 Å². The molecule has 0 saturated carbocycles. The second kappa shape index (κ2) is 3.37. The van der Waals surface area contributed by atoms with Gasteiger partial charge in [-0.1, -0.05) is 0 Å². The molecule has 0 bridgehead atoms. The molecule has 1 aliphatic heterocycles. The molecule has 0 spiro atoms. The maximum atomic E-state index is 11.9. The van der Waals surface area contributed by atoms with Crippen LogP contribution in [0.5, 0.6) is 5.75 Å². The van der Waals surface area contributed by atoms with Crippen LogP contribution in [-0.2, 0) is 4.79 Å². The third kappa shape index (κ3) is 1.48. The first-order valence-corrected chi connectivity index (χ1v) is 5.11. The monoisotopic (exact) mass is 221 g/mol. The van der Waals surface area contributed by atoms with Gasteiger partial charge in [0.25, 0.3) is 5.91 Å². The highest BCUT2D eigenvalue weighted by atomic mass is 16.5. The van der Waals surface area contributed by atoms with Crippen LogP contribution in [-0.4, -0.2) is 30.6 Å². The zero-order chi connectivity index (χ0) is 11.9. The summed E-state index contributed by atoms with van der Waals surface area (Å²) in [5.74, 6) is 1.80. The minimum atomic E-state index is -0.829. The fourth-order valence-electron chi connectivity index (χ4n) is 1.71. The Morgan fingerprint density at radius 3 is 2.75 bits per heavy atom. The Morgan fingerprint density at radius 1 is 1.44 bits per heavy atom. The predicted octanol–water partition coefficient (Wildman–Crippen LogP) is 1.26. The fourth-order valence-corrected chi connectivity index (χ4v) is 1.71. The molecule has 5 nitrogen and oxygen atoms in total. The van der Waals surface area contributed by atoms with Crippen LogP contribution >= 0.6 is 0 Å². The lowest BCUT2D eigenvalue weighted by Gasteiger charge is -2.36. The van der Waals surface area contributed by atoms with E-state index in [1.807, 2.05) is 12.1 Å². The average molecular weight is 221 g/mol. The molecular weight excluding hydrogens is 206 g/mol. The van der Waals surface area contributed by atoms with Gasteiger partial charge in [0.2, 0.25) is 0 Å². The second-order valence-corrected chi connectivity index (χ2v) is 4.24. The van der Waals surface area contributed by atoms with Crippen LogP contribution in [0.25, 0.3) is 0 Å². The Labute approximate surface area is 94.4 Å². The molecule has 1 aliphatic rings. The number of fused-ring (bicyclic) bond motifs is 1. The van der Waals surface area contributed by atoms with E-state index in [-0.39, 0.29) is 5.91 Å². The van der Waals surface area contributed by atoms with E-state index in [0.29, 0.717) is 17.4 Å². The molecule has 2 rings (SSSR count). The lowest BCUT2D eigenvalue weighted by Crippen LogP contribution is -2.51. The minimum absolute atomic E-state index is 0.0965. The van der Waals surface area contributed by atoms with Gasteiger partial charge in [0.1, 0.15) is 5.82 Å². The summed E-state index contributed by atoms with van der Waals surface area (Å²) >= 11 is 0. The molecule has 1 aromatic rings. The zero-order valence-corrected chi connectivity index (χ0v) is 9.87. The van der Waals surface area contributed by atoms with E-state index < -0.39 is 5.60 Å². The molecule has 0 fully saturated rings. The van der Waals surface area contributed by atoms with Gasteiger partial charge in [0, 0.05) is 14.1 Å². The minimum Gasteiger partial charge on any atom is -0.474 e. The number of rotatable bonds is 1. The van der Waals surface area contributed by atoms with Crippen molar-refractivity contribution in [1.82, 2.24) is 4.98 Å². The smallest absolute Gasteiger partial charge is 0.271 e. The molecule has 0 unspecified atom stereocenters. The van der Waals surface area contributed by atoms with Gasteiger partial charge in [-0.3, -0.25) is 9.69 Å². The van der Waals surface area contributed by atoms with Crippen LogP contribution < -0.4 is 15.0 Å². The third-order valence-electron chi connectivity index (χ3n) is 2.60. The van der Waals surface area contributed by atoms with Gasteiger partial charge in [-0.2, -0.15) is 0 Å². The quantitative estimate of drug-likeness (QED) is 0.775. The third-order valence-corrected chi connectivity index (χ3v) is 2.60. The average Bonchev–Trinajstić information content (AvgIpc) is 2.25. The van der Waals surface area contributed by atoms with E-state index in [1.54, 1.807) is 27.9 Å². The van der Waals surface area contributed by atoms with Gasteiger partial charge in [0.15, 0.2) is 17.2 Å². The molecule has 1 amide bonds. The summed E-state index contributed by atoms with van der Waals surface area (Å²) < 4.78 is 5.62. The molecule has 5 heteroatoms. The number of ether oxygens (including phenoxy) is 1. The zero-order valence-electron chi connectivity index (χ0n) is 9.87. The first-order valence-electron chi connectivity index (χ1n) is 5.11. The normalized spacial score (nSPS) is 17.8. The molecule has 86 valence electrons. The van der Waals surface area contributed by atoms with Crippen molar-refractivity contribution in [2.24, 2.45) is 0 Å². The topological polar surface area (TPSA) is 54.5 Å². The maximum absolute atomic E-state index is 11.9. The van der Waals surface area contributed by atoms with Crippen molar-refractivity contribution in [3.05, 3.63) is 12.1 Å². The van der Waals surface area contributed by atoms with Crippen molar-refractivity contribution in [1.29, 1.82) is 0 Å². The number of nitrogens with zero attached hydrogens (tertiary/aromatic N) is 2. The molecule has 2 heterocycles. The highest BCUT2D eigenvalue weighted by molar-refractivity contribution is 6.01. The number of likely N-dealkylation sites (N-methyl/N-ethyl adjacent to an activating group) is 1. The molecule has 1 aromatic heterocycles. The number of aromatic nitrogens is 1. The number of carbonyl (C=O) groups excluding carboxylic acids is 1. The van der Waals surface area contributed by atoms with Gasteiger partial charge in [-0.25, -0.2) is 4.98 Å². The number of hydrogen-bond acceptors (Lipinski definition) is 4. The van der Waals surface area contributed by atoms with Crippen molar-refractivity contribution < 1.29 is 9.53 Å². The van der Waals surface area contributed by atoms with Crippen LogP contribution in [0.2, 0.25) is 0 Å². The molecule has 1 N–H and O–H groups in total. The molecule has 0 radical (unpaired) electrons. The van der Waals surface area contributed by atoms with Gasteiger partial charge < -0.3 is 10.1 Å². The van der Waals surface area contributed by atoms with E-state index >= 15 is 0 Å². The lowest BCUT2D eigenvalue weighted by atomic mass is 10.1. The fraction of sp³-hybridized carbons (Fsp3) is 0.455. The SMILES string of the molecule is CNc1ccc2c(n1)N(C)C(=O)C(C)(C)O2. The van der Waals surface area contributed by atoms with E-state index in [9.17, 15) is 4.79 Å². The number of amides is 1. The summed E-state index contributed by atoms with van der Waals surface area (Å²) in [6.45, 7) is 3.50. The number of hydrogen-bond donors (Lipinski definition) is 1. The molecule has 0 aliphatic carbocycles. The standard InChI is InChI=1S/C11H15N3O2/c1-11(2)10(15)14(4)9-7(16-11)5-6-8(12-3)13-9/h5-6H,1-4H3,(H,12,13). The number of anilines is 2. The number of pyridine rings is 1. The van der Waals surface area contributed by atoms with Crippen LogP contribution in [0.4, 0.5) is 11.6 Å². The first-order chi connectivity index (χ1) is 7.45. The summed E-state index contributed by atoms with van der Waals surface area (Å²) in [5.41, 5.74) is -0.829. The molecular formula is C11H15N3O2. The first kappa shape index (κ1) is 10.7. The van der Waals surface area contributed by atoms with Crippen molar-refractivity contribution in [2.75, 3.05) is 24.3 Å². The highest BCUT2D eigenvalue weighted by Gasteiger charge is 2.39. The van der Waals surface area contributed by atoms with Crippen LogP contribution in [0, 0.1) is 0 Å². The molecule has 0 saturated heterocycles. The van der Waals surface area contributed by atoms with Crippen molar-refractivity contribution in [2.45, 2.75) is 19.4 Å². The van der Waals surface area contributed by atoms with E-state index in [1.165, 1.54) is 4.90 Å². The summed E-state index contributed by atoms with van der Waals surface area (Å²) in [4.78, 5) is 17.8. The van der Waals surface area contributed by atoms with E-state index in [0.717, 1.165) is 0 Å². The number of nitrogens with one attached hydrogen (secondary N) is 1. The highest BCUT2D eigenvalue weighted by Crippen LogP contribution is 2.35. The second-order valence-electron chi connectivity index (χ2n) is 4.24. The Balaban J connectivity index is 2.51. The van der Waals surface area contributed by atoms with Crippen LogP contribution in [0.3, 0.4) is 0 Å². The Bertz CT molecular complexity index is 443. The van der Waals surface area contributed by atoms with Crippen LogP contribution in [0.15, 0.2) is 12.1 Å². The number of carbonyl (C=O) groups is 1. The van der Waals surface area contributed by atoms with Gasteiger partial charge in [-0.05, 0) is 26.0 Å². The van der Waals surface area contributed by atoms with Crippen molar-refractivity contribution in [3.63, 3.8) is 0 Å². The van der Waals surface area contributed by atoms with Gasteiger partial charge >= 0.3 is 0 Å². The molecule has 0 aromatic carbocycles.